The van der Waals surface area contributed by atoms with E-state index < -0.39 is 6.36 Å². The predicted octanol–water partition coefficient (Wildman–Crippen LogP) is 4.65. The summed E-state index contributed by atoms with van der Waals surface area (Å²) in [5.41, 5.74) is 0.540. The third kappa shape index (κ3) is 5.96. The first kappa shape index (κ1) is 16.1. The van der Waals surface area contributed by atoms with E-state index in [-0.39, 0.29) is 5.75 Å². The Labute approximate surface area is 123 Å². The van der Waals surface area contributed by atoms with Gasteiger partial charge in [0, 0.05) is 12.1 Å². The van der Waals surface area contributed by atoms with E-state index in [4.69, 9.17) is 0 Å². The molecule has 118 valence electrons. The Hall–Kier alpha value is -1.23. The quantitative estimate of drug-likeness (QED) is 0.773. The number of hydrogen-bond acceptors (Lipinski definition) is 2. The Morgan fingerprint density at radius 1 is 1.10 bits per heavy atom. The molecule has 0 atom stereocenters. The first-order chi connectivity index (χ1) is 10.0. The molecule has 1 fully saturated rings. The molecule has 1 saturated carbocycles. The van der Waals surface area contributed by atoms with Crippen molar-refractivity contribution >= 4 is 0 Å². The number of halogens is 3. The van der Waals surface area contributed by atoms with Crippen molar-refractivity contribution < 1.29 is 17.9 Å². The molecule has 0 spiro atoms. The van der Waals surface area contributed by atoms with Crippen LogP contribution in [0, 0.1) is 5.92 Å². The fourth-order valence-electron chi connectivity index (χ4n) is 2.88. The molecule has 0 heterocycles. The van der Waals surface area contributed by atoms with E-state index in [0.29, 0.717) is 12.1 Å². The van der Waals surface area contributed by atoms with Crippen LogP contribution in [-0.4, -0.2) is 12.9 Å². The Morgan fingerprint density at radius 3 is 2.52 bits per heavy atom. The van der Waals surface area contributed by atoms with Crippen molar-refractivity contribution in [2.24, 2.45) is 5.92 Å². The molecule has 1 N–H and O–H groups in total. The average Bonchev–Trinajstić information content (AvgIpc) is 2.45. The van der Waals surface area contributed by atoms with Crippen LogP contribution in [0.25, 0.3) is 0 Å². The molecule has 0 saturated heterocycles. The zero-order chi connectivity index (χ0) is 15.1. The van der Waals surface area contributed by atoms with Crippen molar-refractivity contribution in [3.8, 4) is 5.75 Å². The monoisotopic (exact) mass is 301 g/mol. The fourth-order valence-corrected chi connectivity index (χ4v) is 2.88. The molecular weight excluding hydrogens is 279 g/mol. The lowest BCUT2D eigenvalue weighted by Crippen LogP contribution is -2.21. The fraction of sp³-hybridized carbons (Fsp3) is 0.625. The number of hydrogen-bond donors (Lipinski definition) is 1. The van der Waals surface area contributed by atoms with Crippen LogP contribution >= 0.6 is 0 Å². The van der Waals surface area contributed by atoms with Crippen LogP contribution in [0.4, 0.5) is 13.2 Å². The Bertz CT molecular complexity index is 428. The van der Waals surface area contributed by atoms with Crippen molar-refractivity contribution in [2.75, 3.05) is 6.54 Å². The molecule has 2 rings (SSSR count). The molecule has 5 heteroatoms. The summed E-state index contributed by atoms with van der Waals surface area (Å²) < 4.78 is 41.0. The second-order valence-electron chi connectivity index (χ2n) is 5.63. The van der Waals surface area contributed by atoms with Crippen molar-refractivity contribution in [3.05, 3.63) is 29.8 Å². The molecule has 0 aromatic heterocycles. The van der Waals surface area contributed by atoms with E-state index in [1.165, 1.54) is 38.2 Å². The van der Waals surface area contributed by atoms with Crippen LogP contribution < -0.4 is 10.1 Å². The third-order valence-corrected chi connectivity index (χ3v) is 3.97. The highest BCUT2D eigenvalue weighted by molar-refractivity contribution is 5.33. The maximum Gasteiger partial charge on any atom is 0.573 e. The van der Waals surface area contributed by atoms with Gasteiger partial charge in [-0.2, -0.15) is 0 Å². The van der Waals surface area contributed by atoms with Gasteiger partial charge in [0.05, 0.1) is 0 Å². The van der Waals surface area contributed by atoms with Gasteiger partial charge in [0.15, 0.2) is 0 Å². The van der Waals surface area contributed by atoms with Gasteiger partial charge in [-0.25, -0.2) is 0 Å². The van der Waals surface area contributed by atoms with Gasteiger partial charge in [-0.1, -0.05) is 50.3 Å². The van der Waals surface area contributed by atoms with Gasteiger partial charge in [0.25, 0.3) is 0 Å². The molecule has 1 aliphatic carbocycles. The predicted molar refractivity (Wildman–Crippen MR) is 76.0 cm³/mol. The number of nitrogens with one attached hydrogen (secondary N) is 1. The highest BCUT2D eigenvalue weighted by Gasteiger charge is 2.31. The molecule has 21 heavy (non-hydrogen) atoms. The summed E-state index contributed by atoms with van der Waals surface area (Å²) in [4.78, 5) is 0. The number of rotatable bonds is 6. The minimum Gasteiger partial charge on any atom is -0.405 e. The molecule has 0 radical (unpaired) electrons. The van der Waals surface area contributed by atoms with Crippen LogP contribution in [0.3, 0.4) is 0 Å². The lowest BCUT2D eigenvalue weighted by molar-refractivity contribution is -0.274. The number of ether oxygens (including phenoxy) is 1. The summed E-state index contributed by atoms with van der Waals surface area (Å²) >= 11 is 0. The van der Waals surface area contributed by atoms with Crippen molar-refractivity contribution in [3.63, 3.8) is 0 Å². The average molecular weight is 301 g/mol. The first-order valence-electron chi connectivity index (χ1n) is 7.59. The zero-order valence-corrected chi connectivity index (χ0v) is 12.1. The molecule has 0 bridgehead atoms. The third-order valence-electron chi connectivity index (χ3n) is 3.97. The second-order valence-corrected chi connectivity index (χ2v) is 5.63. The second kappa shape index (κ2) is 7.69. The summed E-state index contributed by atoms with van der Waals surface area (Å²) in [6.07, 6.45) is 3.00. The molecule has 1 aliphatic rings. The normalized spacial score (nSPS) is 16.9. The van der Waals surface area contributed by atoms with E-state index in [1.807, 2.05) is 0 Å². The Balaban J connectivity index is 1.77. The van der Waals surface area contributed by atoms with Gasteiger partial charge in [-0.3, -0.25) is 0 Å². The molecule has 0 amide bonds. The molecule has 1 aromatic carbocycles. The van der Waals surface area contributed by atoms with Gasteiger partial charge in [-0.05, 0) is 24.9 Å². The van der Waals surface area contributed by atoms with Crippen LogP contribution in [0.15, 0.2) is 24.3 Å². The van der Waals surface area contributed by atoms with Gasteiger partial charge < -0.3 is 10.1 Å². The van der Waals surface area contributed by atoms with E-state index >= 15 is 0 Å². The van der Waals surface area contributed by atoms with Crippen molar-refractivity contribution in [1.82, 2.24) is 5.32 Å². The minimum atomic E-state index is -4.64. The SMILES string of the molecule is FC(F)(F)Oc1ccccc1CNCCC1CCCCC1. The smallest absolute Gasteiger partial charge is 0.405 e. The van der Waals surface area contributed by atoms with Gasteiger partial charge in [0.2, 0.25) is 0 Å². The van der Waals surface area contributed by atoms with E-state index in [0.717, 1.165) is 18.9 Å². The van der Waals surface area contributed by atoms with Crippen LogP contribution in [0.5, 0.6) is 5.75 Å². The molecule has 2 nitrogen and oxygen atoms in total. The highest BCUT2D eigenvalue weighted by atomic mass is 19.4. The summed E-state index contributed by atoms with van der Waals surface area (Å²) in [6.45, 7) is 1.24. The lowest BCUT2D eigenvalue weighted by Gasteiger charge is -2.21. The topological polar surface area (TPSA) is 21.3 Å². The molecule has 1 aromatic rings. The van der Waals surface area contributed by atoms with Crippen LogP contribution in [-0.2, 0) is 6.54 Å². The van der Waals surface area contributed by atoms with Crippen molar-refractivity contribution in [2.45, 2.75) is 51.4 Å². The molecule has 0 aliphatic heterocycles. The Morgan fingerprint density at radius 2 is 1.81 bits per heavy atom. The maximum absolute atomic E-state index is 12.3. The lowest BCUT2D eigenvalue weighted by atomic mass is 9.87. The number of para-hydroxylation sites is 1. The standard InChI is InChI=1S/C16H22F3NO/c17-16(18,19)21-15-9-5-4-8-14(15)12-20-11-10-13-6-2-1-3-7-13/h4-5,8-9,13,20H,1-3,6-7,10-12H2. The van der Waals surface area contributed by atoms with Gasteiger partial charge in [-0.15, -0.1) is 13.2 Å². The molecular formula is C16H22F3NO. The van der Waals surface area contributed by atoms with E-state index in [2.05, 4.69) is 10.1 Å². The summed E-state index contributed by atoms with van der Waals surface area (Å²) in [6, 6.07) is 6.29. The summed E-state index contributed by atoms with van der Waals surface area (Å²) in [7, 11) is 0. The highest BCUT2D eigenvalue weighted by Crippen LogP contribution is 2.27. The van der Waals surface area contributed by atoms with Crippen molar-refractivity contribution in [1.29, 1.82) is 0 Å². The minimum absolute atomic E-state index is 0.116. The van der Waals surface area contributed by atoms with Crippen LogP contribution in [0.1, 0.15) is 44.1 Å². The molecule has 0 unspecified atom stereocenters. The summed E-state index contributed by atoms with van der Waals surface area (Å²) in [5, 5.41) is 3.23. The zero-order valence-electron chi connectivity index (χ0n) is 12.1. The van der Waals surface area contributed by atoms with Gasteiger partial charge >= 0.3 is 6.36 Å². The van der Waals surface area contributed by atoms with E-state index in [9.17, 15) is 13.2 Å². The largest absolute Gasteiger partial charge is 0.573 e. The summed E-state index contributed by atoms with van der Waals surface area (Å²) in [5.74, 6) is 0.656. The number of benzene rings is 1. The maximum atomic E-state index is 12.3. The first-order valence-corrected chi connectivity index (χ1v) is 7.59. The van der Waals surface area contributed by atoms with Gasteiger partial charge in [0.1, 0.15) is 5.75 Å². The van der Waals surface area contributed by atoms with E-state index in [1.54, 1.807) is 18.2 Å². The Kier molecular flexibility index (Phi) is 5.91. The number of alkyl halides is 3. The van der Waals surface area contributed by atoms with Crippen LogP contribution in [0.2, 0.25) is 0 Å².